The van der Waals surface area contributed by atoms with Gasteiger partial charge in [-0.2, -0.15) is 0 Å². The first-order valence-corrected chi connectivity index (χ1v) is 7.33. The Kier molecular flexibility index (Phi) is 3.74. The van der Waals surface area contributed by atoms with E-state index in [1.165, 1.54) is 17.8 Å². The fraction of sp³-hybridized carbons (Fsp3) is 0.214. The number of aryl methyl sites for hydroxylation is 1. The van der Waals surface area contributed by atoms with Crippen molar-refractivity contribution in [2.75, 3.05) is 0 Å². The summed E-state index contributed by atoms with van der Waals surface area (Å²) in [7, 11) is 1.82. The highest BCUT2D eigenvalue weighted by Crippen LogP contribution is 2.26. The van der Waals surface area contributed by atoms with Gasteiger partial charge in [0.05, 0.1) is 11.3 Å². The first-order valence-electron chi connectivity index (χ1n) is 6.34. The molecule has 3 rings (SSSR count). The third kappa shape index (κ3) is 2.82. The molecule has 2 aromatic heterocycles. The molecule has 0 amide bonds. The highest BCUT2D eigenvalue weighted by atomic mass is 32.2. The second kappa shape index (κ2) is 5.69. The lowest BCUT2D eigenvalue weighted by atomic mass is 10.2. The molecular formula is C14H13FN4OS. The Morgan fingerprint density at radius 3 is 2.81 bits per heavy atom. The van der Waals surface area contributed by atoms with Crippen LogP contribution in [0, 0.1) is 12.7 Å². The minimum absolute atomic E-state index is 0.309. The van der Waals surface area contributed by atoms with Crippen LogP contribution in [0.5, 0.6) is 0 Å². The van der Waals surface area contributed by atoms with Crippen LogP contribution in [0.25, 0.3) is 11.4 Å². The molecule has 0 aliphatic rings. The monoisotopic (exact) mass is 304 g/mol. The molecule has 1 aromatic carbocycles. The van der Waals surface area contributed by atoms with Crippen LogP contribution >= 0.6 is 11.8 Å². The predicted molar refractivity (Wildman–Crippen MR) is 77.2 cm³/mol. The Hall–Kier alpha value is -2.15. The summed E-state index contributed by atoms with van der Waals surface area (Å²) >= 11 is 1.48. The van der Waals surface area contributed by atoms with Crippen molar-refractivity contribution in [2.24, 2.45) is 7.05 Å². The maximum atomic E-state index is 13.8. The standard InChI is InChI=1S/C14H13FN4OS/c1-9-7-10(18-20-9)8-21-14-17-16-13(19(14)2)11-5-3-4-6-12(11)15/h3-7H,8H2,1-2H3. The molecule has 0 fully saturated rings. The lowest BCUT2D eigenvalue weighted by Crippen LogP contribution is -1.96. The van der Waals surface area contributed by atoms with Crippen LogP contribution in [-0.2, 0) is 12.8 Å². The molecular weight excluding hydrogens is 291 g/mol. The molecule has 3 aromatic rings. The number of hydrogen-bond donors (Lipinski definition) is 0. The molecule has 0 bridgehead atoms. The van der Waals surface area contributed by atoms with Crippen LogP contribution in [0.2, 0.25) is 0 Å². The summed E-state index contributed by atoms with van der Waals surface area (Å²) in [5.41, 5.74) is 1.28. The summed E-state index contributed by atoms with van der Waals surface area (Å²) in [5, 5.41) is 12.8. The van der Waals surface area contributed by atoms with Gasteiger partial charge in [0.15, 0.2) is 11.0 Å². The molecule has 5 nitrogen and oxygen atoms in total. The van der Waals surface area contributed by atoms with Crippen molar-refractivity contribution in [1.29, 1.82) is 0 Å². The number of rotatable bonds is 4. The topological polar surface area (TPSA) is 56.7 Å². The van der Waals surface area contributed by atoms with E-state index in [9.17, 15) is 4.39 Å². The minimum Gasteiger partial charge on any atom is -0.361 e. The Bertz CT molecular complexity index is 768. The lowest BCUT2D eigenvalue weighted by Gasteiger charge is -2.03. The second-order valence-corrected chi connectivity index (χ2v) is 5.51. The highest BCUT2D eigenvalue weighted by Gasteiger charge is 2.14. The summed E-state index contributed by atoms with van der Waals surface area (Å²) in [6.45, 7) is 1.85. The summed E-state index contributed by atoms with van der Waals surface area (Å²) < 4.78 is 20.6. The van der Waals surface area contributed by atoms with Crippen molar-refractivity contribution in [3.05, 3.63) is 47.6 Å². The van der Waals surface area contributed by atoms with Gasteiger partial charge in [0.25, 0.3) is 0 Å². The van der Waals surface area contributed by atoms with E-state index in [1.54, 1.807) is 22.8 Å². The number of halogens is 1. The maximum Gasteiger partial charge on any atom is 0.191 e. The lowest BCUT2D eigenvalue weighted by molar-refractivity contribution is 0.393. The molecule has 0 aliphatic heterocycles. The van der Waals surface area contributed by atoms with Crippen molar-refractivity contribution < 1.29 is 8.91 Å². The molecule has 0 atom stereocenters. The van der Waals surface area contributed by atoms with Gasteiger partial charge >= 0.3 is 0 Å². The predicted octanol–water partition coefficient (Wildman–Crippen LogP) is 3.21. The average Bonchev–Trinajstić information content (AvgIpc) is 3.04. The van der Waals surface area contributed by atoms with Crippen LogP contribution < -0.4 is 0 Å². The summed E-state index contributed by atoms with van der Waals surface area (Å²) in [6, 6.07) is 8.40. The molecule has 0 unspecified atom stereocenters. The van der Waals surface area contributed by atoms with Crippen molar-refractivity contribution >= 4 is 11.8 Å². The highest BCUT2D eigenvalue weighted by molar-refractivity contribution is 7.98. The normalized spacial score (nSPS) is 11.0. The van der Waals surface area contributed by atoms with Gasteiger partial charge < -0.3 is 9.09 Å². The first-order chi connectivity index (χ1) is 10.1. The van der Waals surface area contributed by atoms with E-state index < -0.39 is 0 Å². The fourth-order valence-electron chi connectivity index (χ4n) is 1.94. The Morgan fingerprint density at radius 1 is 1.29 bits per heavy atom. The van der Waals surface area contributed by atoms with E-state index in [2.05, 4.69) is 15.4 Å². The largest absolute Gasteiger partial charge is 0.361 e. The summed E-state index contributed by atoms with van der Waals surface area (Å²) in [6.07, 6.45) is 0. The van der Waals surface area contributed by atoms with E-state index in [4.69, 9.17) is 4.52 Å². The summed E-state index contributed by atoms with van der Waals surface area (Å²) in [5.74, 6) is 1.60. The molecule has 0 radical (unpaired) electrons. The van der Waals surface area contributed by atoms with Crippen molar-refractivity contribution in [1.82, 2.24) is 19.9 Å². The van der Waals surface area contributed by atoms with Crippen LogP contribution in [-0.4, -0.2) is 19.9 Å². The van der Waals surface area contributed by atoms with Gasteiger partial charge in [-0.3, -0.25) is 0 Å². The van der Waals surface area contributed by atoms with E-state index in [0.717, 1.165) is 11.5 Å². The minimum atomic E-state index is -0.309. The van der Waals surface area contributed by atoms with E-state index in [-0.39, 0.29) is 5.82 Å². The molecule has 0 saturated heterocycles. The molecule has 0 aliphatic carbocycles. The molecule has 2 heterocycles. The Balaban J connectivity index is 1.81. The number of thioether (sulfide) groups is 1. The van der Waals surface area contributed by atoms with Crippen LogP contribution in [0.3, 0.4) is 0 Å². The van der Waals surface area contributed by atoms with Gasteiger partial charge in [0.2, 0.25) is 0 Å². The van der Waals surface area contributed by atoms with Crippen LogP contribution in [0.15, 0.2) is 40.0 Å². The average molecular weight is 304 g/mol. The first kappa shape index (κ1) is 13.8. The second-order valence-electron chi connectivity index (χ2n) is 4.56. The van der Waals surface area contributed by atoms with E-state index >= 15 is 0 Å². The Morgan fingerprint density at radius 2 is 2.10 bits per heavy atom. The van der Waals surface area contributed by atoms with Crippen molar-refractivity contribution in [3.8, 4) is 11.4 Å². The SMILES string of the molecule is Cc1cc(CSc2nnc(-c3ccccc3F)n2C)no1. The molecule has 108 valence electrons. The molecule has 0 spiro atoms. The molecule has 0 N–H and O–H groups in total. The zero-order valence-corrected chi connectivity index (χ0v) is 12.4. The number of aromatic nitrogens is 4. The summed E-state index contributed by atoms with van der Waals surface area (Å²) in [4.78, 5) is 0. The van der Waals surface area contributed by atoms with Gasteiger partial charge in [-0.15, -0.1) is 10.2 Å². The third-order valence-corrected chi connectivity index (χ3v) is 4.03. The number of benzene rings is 1. The van der Waals surface area contributed by atoms with E-state index in [1.807, 2.05) is 20.0 Å². The van der Waals surface area contributed by atoms with Crippen molar-refractivity contribution in [3.63, 3.8) is 0 Å². The van der Waals surface area contributed by atoms with Crippen LogP contribution in [0.1, 0.15) is 11.5 Å². The van der Waals surface area contributed by atoms with Gasteiger partial charge in [0.1, 0.15) is 11.6 Å². The zero-order valence-electron chi connectivity index (χ0n) is 11.6. The number of nitrogens with zero attached hydrogens (tertiary/aromatic N) is 4. The van der Waals surface area contributed by atoms with Gasteiger partial charge in [-0.05, 0) is 19.1 Å². The third-order valence-electron chi connectivity index (χ3n) is 2.98. The van der Waals surface area contributed by atoms with Crippen LogP contribution in [0.4, 0.5) is 4.39 Å². The van der Waals surface area contributed by atoms with Gasteiger partial charge in [-0.25, -0.2) is 4.39 Å². The zero-order chi connectivity index (χ0) is 14.8. The van der Waals surface area contributed by atoms with Crippen molar-refractivity contribution in [2.45, 2.75) is 17.8 Å². The molecule has 0 saturated carbocycles. The Labute approximate surface area is 125 Å². The quantitative estimate of drug-likeness (QED) is 0.693. The molecule has 7 heteroatoms. The van der Waals surface area contributed by atoms with Gasteiger partial charge in [-0.1, -0.05) is 29.1 Å². The van der Waals surface area contributed by atoms with E-state index in [0.29, 0.717) is 22.3 Å². The maximum absolute atomic E-state index is 13.8. The molecule has 21 heavy (non-hydrogen) atoms. The smallest absolute Gasteiger partial charge is 0.191 e. The number of hydrogen-bond acceptors (Lipinski definition) is 5. The van der Waals surface area contributed by atoms with Gasteiger partial charge in [0, 0.05) is 18.9 Å². The fourth-order valence-corrected chi connectivity index (χ4v) is 2.73.